The zero-order chi connectivity index (χ0) is 17.6. The maximum Gasteiger partial charge on any atom is 0.225 e. The number of carbonyl (C=O) groups is 1. The van der Waals surface area contributed by atoms with E-state index in [1.165, 1.54) is 0 Å². The highest BCUT2D eigenvalue weighted by Gasteiger charge is 2.18. The quantitative estimate of drug-likeness (QED) is 0.573. The van der Waals surface area contributed by atoms with Crippen molar-refractivity contribution in [2.24, 2.45) is 0 Å². The van der Waals surface area contributed by atoms with Crippen LogP contribution in [0.25, 0.3) is 0 Å². The van der Waals surface area contributed by atoms with Gasteiger partial charge >= 0.3 is 0 Å². The first-order chi connectivity index (χ1) is 12.1. The third-order valence-electron chi connectivity index (χ3n) is 4.00. The minimum Gasteiger partial charge on any atom is -0.325 e. The van der Waals surface area contributed by atoms with Crippen molar-refractivity contribution in [2.45, 2.75) is 12.3 Å². The van der Waals surface area contributed by atoms with Crippen molar-refractivity contribution >= 4 is 34.8 Å². The van der Waals surface area contributed by atoms with Gasteiger partial charge in [0.05, 0.1) is 10.7 Å². The fraction of sp³-hybridized carbons (Fsp3) is 0.0952. The summed E-state index contributed by atoms with van der Waals surface area (Å²) in [7, 11) is 0. The fourth-order valence-electron chi connectivity index (χ4n) is 2.78. The van der Waals surface area contributed by atoms with Crippen LogP contribution in [0.15, 0.2) is 78.9 Å². The molecule has 0 aliphatic carbocycles. The normalized spacial score (nSPS) is 10.7. The Bertz CT molecular complexity index is 811. The SMILES string of the molecule is O=C(CC(c1ccccc1)c1ccccc1)Nc1ccc(Cl)cc1Cl. The number of benzene rings is 3. The van der Waals surface area contributed by atoms with Gasteiger partial charge in [-0.1, -0.05) is 83.9 Å². The molecule has 3 aromatic rings. The van der Waals surface area contributed by atoms with E-state index >= 15 is 0 Å². The number of hydrogen-bond donors (Lipinski definition) is 1. The van der Waals surface area contributed by atoms with E-state index in [4.69, 9.17) is 23.2 Å². The first kappa shape index (κ1) is 17.5. The molecule has 4 heteroatoms. The molecule has 0 aliphatic rings. The number of anilines is 1. The molecule has 0 atom stereocenters. The third kappa shape index (κ3) is 4.62. The highest BCUT2D eigenvalue weighted by Crippen LogP contribution is 2.30. The Labute approximate surface area is 157 Å². The fourth-order valence-corrected chi connectivity index (χ4v) is 3.23. The van der Waals surface area contributed by atoms with Gasteiger partial charge in [-0.3, -0.25) is 4.79 Å². The number of hydrogen-bond acceptors (Lipinski definition) is 1. The molecule has 0 radical (unpaired) electrons. The molecule has 0 saturated heterocycles. The summed E-state index contributed by atoms with van der Waals surface area (Å²) in [5, 5.41) is 3.84. The predicted octanol–water partition coefficient (Wildman–Crippen LogP) is 6.15. The Balaban J connectivity index is 1.82. The van der Waals surface area contributed by atoms with Crippen LogP contribution in [0.3, 0.4) is 0 Å². The Morgan fingerprint density at radius 2 is 1.40 bits per heavy atom. The molecule has 0 spiro atoms. The van der Waals surface area contributed by atoms with Gasteiger partial charge in [0.25, 0.3) is 0 Å². The maximum absolute atomic E-state index is 12.6. The first-order valence-electron chi connectivity index (χ1n) is 7.98. The van der Waals surface area contributed by atoms with Crippen LogP contribution in [0.1, 0.15) is 23.5 Å². The molecule has 0 aromatic heterocycles. The van der Waals surface area contributed by atoms with E-state index in [2.05, 4.69) is 5.32 Å². The van der Waals surface area contributed by atoms with Crippen molar-refractivity contribution in [1.82, 2.24) is 0 Å². The molecule has 126 valence electrons. The second kappa shape index (κ2) is 8.19. The summed E-state index contributed by atoms with van der Waals surface area (Å²) >= 11 is 12.0. The molecule has 0 saturated carbocycles. The van der Waals surface area contributed by atoms with Crippen LogP contribution in [0.4, 0.5) is 5.69 Å². The van der Waals surface area contributed by atoms with Crippen molar-refractivity contribution in [1.29, 1.82) is 0 Å². The van der Waals surface area contributed by atoms with Crippen LogP contribution in [-0.4, -0.2) is 5.91 Å². The number of carbonyl (C=O) groups excluding carboxylic acids is 1. The van der Waals surface area contributed by atoms with Crippen LogP contribution in [0.5, 0.6) is 0 Å². The van der Waals surface area contributed by atoms with Crippen molar-refractivity contribution < 1.29 is 4.79 Å². The number of halogens is 2. The summed E-state index contributed by atoms with van der Waals surface area (Å²) in [6.07, 6.45) is 0.326. The van der Waals surface area contributed by atoms with Crippen LogP contribution in [0, 0.1) is 0 Å². The Morgan fingerprint density at radius 1 is 0.840 bits per heavy atom. The van der Waals surface area contributed by atoms with Crippen molar-refractivity contribution in [2.75, 3.05) is 5.32 Å². The molecule has 0 unspecified atom stereocenters. The molecule has 0 aliphatic heterocycles. The molecule has 0 heterocycles. The summed E-state index contributed by atoms with van der Waals surface area (Å²) < 4.78 is 0. The van der Waals surface area contributed by atoms with Crippen molar-refractivity contribution in [3.63, 3.8) is 0 Å². The second-order valence-electron chi connectivity index (χ2n) is 5.75. The van der Waals surface area contributed by atoms with Crippen molar-refractivity contribution in [3.05, 3.63) is 100 Å². The monoisotopic (exact) mass is 369 g/mol. The number of amides is 1. The topological polar surface area (TPSA) is 29.1 Å². The van der Waals surface area contributed by atoms with Crippen LogP contribution < -0.4 is 5.32 Å². The van der Waals surface area contributed by atoms with Gasteiger partial charge in [-0.25, -0.2) is 0 Å². The second-order valence-corrected chi connectivity index (χ2v) is 6.59. The predicted molar refractivity (Wildman–Crippen MR) is 104 cm³/mol. The van der Waals surface area contributed by atoms with Gasteiger partial charge in [0.15, 0.2) is 0 Å². The van der Waals surface area contributed by atoms with Crippen LogP contribution in [0.2, 0.25) is 10.0 Å². The highest BCUT2D eigenvalue weighted by atomic mass is 35.5. The van der Waals surface area contributed by atoms with Gasteiger partial charge in [0.2, 0.25) is 5.91 Å². The van der Waals surface area contributed by atoms with E-state index in [0.29, 0.717) is 22.2 Å². The minimum atomic E-state index is -0.0954. The van der Waals surface area contributed by atoms with Gasteiger partial charge in [0.1, 0.15) is 0 Å². The van der Waals surface area contributed by atoms with E-state index in [1.54, 1.807) is 18.2 Å². The summed E-state index contributed by atoms with van der Waals surface area (Å²) in [5.74, 6) is -0.115. The Hall–Kier alpha value is -2.29. The average molecular weight is 370 g/mol. The Kier molecular flexibility index (Phi) is 5.75. The minimum absolute atomic E-state index is 0.0199. The van der Waals surface area contributed by atoms with Gasteiger partial charge in [-0.2, -0.15) is 0 Å². The molecule has 2 nitrogen and oxygen atoms in total. The lowest BCUT2D eigenvalue weighted by Gasteiger charge is -2.18. The van der Waals surface area contributed by atoms with E-state index in [1.807, 2.05) is 60.7 Å². The Morgan fingerprint density at radius 3 is 1.92 bits per heavy atom. The average Bonchev–Trinajstić information content (AvgIpc) is 2.63. The van der Waals surface area contributed by atoms with Gasteiger partial charge in [-0.05, 0) is 29.3 Å². The highest BCUT2D eigenvalue weighted by molar-refractivity contribution is 6.36. The van der Waals surface area contributed by atoms with Gasteiger partial charge < -0.3 is 5.32 Å². The third-order valence-corrected chi connectivity index (χ3v) is 4.55. The molecule has 3 aromatic carbocycles. The standard InChI is InChI=1S/C21H17Cl2NO/c22-17-11-12-20(19(23)13-17)24-21(25)14-18(15-7-3-1-4-8-15)16-9-5-2-6-10-16/h1-13,18H,14H2,(H,24,25). The first-order valence-corrected chi connectivity index (χ1v) is 8.74. The lowest BCUT2D eigenvalue weighted by Crippen LogP contribution is -2.16. The summed E-state index contributed by atoms with van der Waals surface area (Å²) in [6, 6.07) is 25.1. The molecule has 25 heavy (non-hydrogen) atoms. The lowest BCUT2D eigenvalue weighted by molar-refractivity contribution is -0.116. The van der Waals surface area contributed by atoms with Crippen LogP contribution >= 0.6 is 23.2 Å². The largest absolute Gasteiger partial charge is 0.325 e. The van der Waals surface area contributed by atoms with E-state index < -0.39 is 0 Å². The molecular weight excluding hydrogens is 353 g/mol. The molecule has 0 bridgehead atoms. The molecule has 1 amide bonds. The molecule has 0 fully saturated rings. The molecular formula is C21H17Cl2NO. The van der Waals surface area contributed by atoms with E-state index in [9.17, 15) is 4.79 Å². The number of nitrogens with one attached hydrogen (secondary N) is 1. The summed E-state index contributed by atoms with van der Waals surface area (Å²) in [6.45, 7) is 0. The van der Waals surface area contributed by atoms with Gasteiger partial charge in [0, 0.05) is 17.4 Å². The molecule has 3 rings (SSSR count). The summed E-state index contributed by atoms with van der Waals surface area (Å²) in [4.78, 5) is 12.6. The lowest BCUT2D eigenvalue weighted by atomic mass is 9.88. The van der Waals surface area contributed by atoms with E-state index in [0.717, 1.165) is 11.1 Å². The summed E-state index contributed by atoms with van der Waals surface area (Å²) in [5.41, 5.74) is 2.77. The zero-order valence-corrected chi connectivity index (χ0v) is 15.0. The molecule has 1 N–H and O–H groups in total. The van der Waals surface area contributed by atoms with Crippen molar-refractivity contribution in [3.8, 4) is 0 Å². The van der Waals surface area contributed by atoms with E-state index in [-0.39, 0.29) is 11.8 Å². The zero-order valence-electron chi connectivity index (χ0n) is 13.5. The van der Waals surface area contributed by atoms with Gasteiger partial charge in [-0.15, -0.1) is 0 Å². The maximum atomic E-state index is 12.6. The van der Waals surface area contributed by atoms with Crippen LogP contribution in [-0.2, 0) is 4.79 Å². The number of rotatable bonds is 5. The smallest absolute Gasteiger partial charge is 0.225 e.